The van der Waals surface area contributed by atoms with Crippen LogP contribution in [0.3, 0.4) is 0 Å². The molecule has 0 saturated heterocycles. The lowest BCUT2D eigenvalue weighted by atomic mass is 10.9. The Morgan fingerprint density at radius 2 is 2.36 bits per heavy atom. The summed E-state index contributed by atoms with van der Waals surface area (Å²) in [6.45, 7) is 0. The van der Waals surface area contributed by atoms with Gasteiger partial charge < -0.3 is 5.21 Å². The van der Waals surface area contributed by atoms with Crippen molar-refractivity contribution >= 4 is 10.2 Å². The molecule has 0 aliphatic carbocycles. The van der Waals surface area contributed by atoms with Gasteiger partial charge in [0, 0.05) is 11.3 Å². The van der Waals surface area contributed by atoms with Gasteiger partial charge in [0.1, 0.15) is 6.20 Å². The van der Waals surface area contributed by atoms with Gasteiger partial charge in [-0.2, -0.15) is 8.42 Å². The van der Waals surface area contributed by atoms with E-state index in [4.69, 9.17) is 0 Å². The van der Waals surface area contributed by atoms with Crippen LogP contribution in [0.25, 0.3) is 0 Å². The zero-order valence-corrected chi connectivity index (χ0v) is 6.02. The number of rotatable bonds is 1. The molecule has 0 atom stereocenters. The van der Waals surface area contributed by atoms with E-state index in [0.717, 1.165) is 12.4 Å². The zero-order chi connectivity index (χ0) is 8.48. The highest BCUT2D eigenvalue weighted by atomic mass is 32.2. The van der Waals surface area contributed by atoms with Crippen molar-refractivity contribution in [3.8, 4) is 0 Å². The van der Waals surface area contributed by atoms with Gasteiger partial charge in [-0.3, -0.25) is 0 Å². The second-order valence-corrected chi connectivity index (χ2v) is 2.98. The molecule has 11 heavy (non-hydrogen) atoms. The number of hydrazine groups is 2. The molecule has 0 spiro atoms. The minimum absolute atomic E-state index is 0.146. The van der Waals surface area contributed by atoms with Crippen molar-refractivity contribution in [2.45, 2.75) is 0 Å². The highest BCUT2D eigenvalue weighted by Crippen LogP contribution is 1.96. The van der Waals surface area contributed by atoms with Gasteiger partial charge in [0.15, 0.2) is 0 Å². The monoisotopic (exact) mass is 179 g/mol. The molecular formula is C2H5N5O3S. The molecule has 0 radical (unpaired) electrons. The van der Waals surface area contributed by atoms with Crippen LogP contribution in [0.5, 0.6) is 0 Å². The first kappa shape index (κ1) is 7.75. The third-order valence-electron chi connectivity index (χ3n) is 0.821. The molecule has 3 N–H and O–H groups in total. The number of hydrogen-bond donors (Lipinski definition) is 2. The molecule has 0 amide bonds. The molecule has 8 nitrogen and oxygen atoms in total. The number of nitrogens with zero attached hydrogens (tertiary/aromatic N) is 3. The van der Waals surface area contributed by atoms with Crippen LogP contribution in [0.15, 0.2) is 17.5 Å². The second-order valence-electron chi connectivity index (χ2n) is 1.60. The number of nitrogens with two attached hydrogens (primary N) is 1. The lowest BCUT2D eigenvalue weighted by molar-refractivity contribution is -0.670. The van der Waals surface area contributed by atoms with Crippen LogP contribution in [-0.2, 0) is 10.2 Å². The van der Waals surface area contributed by atoms with Crippen LogP contribution in [0, 0.1) is 5.21 Å². The van der Waals surface area contributed by atoms with Crippen LogP contribution in [0.4, 0.5) is 0 Å². The summed E-state index contributed by atoms with van der Waals surface area (Å²) in [7, 11) is -4.08. The van der Waals surface area contributed by atoms with Crippen molar-refractivity contribution < 1.29 is 13.4 Å². The van der Waals surface area contributed by atoms with Crippen LogP contribution in [0.2, 0.25) is 0 Å². The Hall–Kier alpha value is -1.35. The summed E-state index contributed by atoms with van der Waals surface area (Å²) in [6.07, 6.45) is 2.24. The Morgan fingerprint density at radius 3 is 2.73 bits per heavy atom. The maximum absolute atomic E-state index is 10.5. The van der Waals surface area contributed by atoms with Crippen LogP contribution < -0.4 is 10.6 Å². The molecule has 1 rings (SSSR count). The molecule has 0 aromatic carbocycles. The number of nitrogens with one attached hydrogen (secondary N) is 1. The van der Waals surface area contributed by atoms with Gasteiger partial charge in [-0.05, 0) is 0 Å². The van der Waals surface area contributed by atoms with Crippen molar-refractivity contribution in [2.24, 2.45) is 10.3 Å². The normalized spacial score (nSPS) is 17.5. The van der Waals surface area contributed by atoms with Gasteiger partial charge in [-0.15, -0.1) is 0 Å². The molecule has 0 bridgehead atoms. The summed E-state index contributed by atoms with van der Waals surface area (Å²) in [5, 5.41) is 18.2. The summed E-state index contributed by atoms with van der Waals surface area (Å²) < 4.78 is 21.2. The van der Waals surface area contributed by atoms with E-state index in [2.05, 4.69) is 15.7 Å². The fourth-order valence-electron chi connectivity index (χ4n) is 0.455. The highest BCUT2D eigenvalue weighted by molar-refractivity contribution is 7.86. The van der Waals surface area contributed by atoms with Crippen molar-refractivity contribution in [3.63, 3.8) is 0 Å². The van der Waals surface area contributed by atoms with Gasteiger partial charge in [0.25, 0.3) is 0 Å². The molecule has 1 aliphatic heterocycles. The van der Waals surface area contributed by atoms with E-state index >= 15 is 0 Å². The van der Waals surface area contributed by atoms with Gasteiger partial charge in [-0.25, -0.2) is 10.6 Å². The summed E-state index contributed by atoms with van der Waals surface area (Å²) in [5.41, 5.74) is 2.07. The van der Waals surface area contributed by atoms with Crippen LogP contribution in [0.1, 0.15) is 0 Å². The van der Waals surface area contributed by atoms with Crippen molar-refractivity contribution in [1.29, 1.82) is 0 Å². The first-order chi connectivity index (χ1) is 5.02. The Balaban J connectivity index is 2.94. The van der Waals surface area contributed by atoms with Crippen LogP contribution >= 0.6 is 0 Å². The standard InChI is InChI=1S/C2H5N5O3S/c3-11(9,10)7-5-2-1-4-6(7)8/h1-2,5H,(H2,3,9,10). The SMILES string of the molecule is NS(=O)(=O)N1NC=CN=[N+]1[O-]. The Kier molecular flexibility index (Phi) is 1.66. The fraction of sp³-hybridized carbons (Fsp3) is 0. The van der Waals surface area contributed by atoms with E-state index in [0.29, 0.717) is 0 Å². The van der Waals surface area contributed by atoms with E-state index in [1.165, 1.54) is 0 Å². The maximum Gasteiger partial charge on any atom is 0.367 e. The summed E-state index contributed by atoms with van der Waals surface area (Å²) in [5.74, 6) is 0. The Morgan fingerprint density at radius 1 is 1.73 bits per heavy atom. The average molecular weight is 179 g/mol. The van der Waals surface area contributed by atoms with Gasteiger partial charge >= 0.3 is 10.2 Å². The van der Waals surface area contributed by atoms with Gasteiger partial charge in [-0.1, -0.05) is 0 Å². The van der Waals surface area contributed by atoms with Gasteiger partial charge in [0.2, 0.25) is 0 Å². The topological polar surface area (TPSA) is 114 Å². The Labute approximate surface area is 62.3 Å². The van der Waals surface area contributed by atoms with E-state index in [1.54, 1.807) is 0 Å². The second kappa shape index (κ2) is 2.36. The number of hydrogen-bond acceptors (Lipinski definition) is 5. The molecule has 0 saturated carbocycles. The van der Waals surface area contributed by atoms with E-state index in [1.807, 2.05) is 0 Å². The predicted molar refractivity (Wildman–Crippen MR) is 33.3 cm³/mol. The average Bonchev–Trinajstić information content (AvgIpc) is 1.86. The maximum atomic E-state index is 10.5. The minimum Gasteiger partial charge on any atom is -0.569 e. The molecule has 62 valence electrons. The minimum atomic E-state index is -4.08. The molecular weight excluding hydrogens is 174 g/mol. The zero-order valence-electron chi connectivity index (χ0n) is 5.21. The predicted octanol–water partition coefficient (Wildman–Crippen LogP) is -1.64. The van der Waals surface area contributed by atoms with E-state index in [-0.39, 0.29) is 9.49 Å². The molecule has 1 heterocycles. The summed E-state index contributed by atoms with van der Waals surface area (Å²) in [4.78, 5) is -0.185. The summed E-state index contributed by atoms with van der Waals surface area (Å²) in [6, 6.07) is 0. The van der Waals surface area contributed by atoms with E-state index in [9.17, 15) is 13.6 Å². The quantitative estimate of drug-likeness (QED) is 0.371. The molecule has 1 aliphatic rings. The summed E-state index contributed by atoms with van der Waals surface area (Å²) >= 11 is 0. The third-order valence-corrected chi connectivity index (χ3v) is 1.55. The molecule has 0 unspecified atom stereocenters. The lowest BCUT2D eigenvalue weighted by Gasteiger charge is -2.15. The first-order valence-corrected chi connectivity index (χ1v) is 3.94. The van der Waals surface area contributed by atoms with Gasteiger partial charge in [0.05, 0.1) is 9.49 Å². The van der Waals surface area contributed by atoms with Crippen molar-refractivity contribution in [3.05, 3.63) is 17.6 Å². The fourth-order valence-corrected chi connectivity index (χ4v) is 0.899. The largest absolute Gasteiger partial charge is 0.569 e. The molecule has 0 fully saturated rings. The third kappa shape index (κ3) is 1.56. The highest BCUT2D eigenvalue weighted by Gasteiger charge is 2.25. The lowest BCUT2D eigenvalue weighted by Crippen LogP contribution is -2.49. The smallest absolute Gasteiger partial charge is 0.367 e. The molecule has 9 heteroatoms. The molecule has 0 aromatic rings. The first-order valence-electron chi connectivity index (χ1n) is 2.44. The van der Waals surface area contributed by atoms with Crippen LogP contribution in [-0.4, -0.2) is 17.9 Å². The Bertz CT molecular complexity index is 304. The molecule has 0 aromatic heterocycles. The van der Waals surface area contributed by atoms with E-state index < -0.39 is 10.2 Å². The van der Waals surface area contributed by atoms with Crippen molar-refractivity contribution in [1.82, 2.24) is 9.95 Å². The van der Waals surface area contributed by atoms with Crippen molar-refractivity contribution in [2.75, 3.05) is 0 Å².